The molecule has 0 saturated carbocycles. The Bertz CT molecular complexity index is 926. The number of rotatable bonds is 6. The van der Waals surface area contributed by atoms with Crippen LogP contribution < -0.4 is 15.4 Å². The van der Waals surface area contributed by atoms with E-state index in [4.69, 9.17) is 4.74 Å². The molecule has 1 fully saturated rings. The molecule has 0 atom stereocenters. The van der Waals surface area contributed by atoms with Crippen molar-refractivity contribution in [3.8, 4) is 11.5 Å². The van der Waals surface area contributed by atoms with E-state index in [2.05, 4.69) is 20.9 Å². The number of ether oxygens (including phenoxy) is 1. The number of halogens is 1. The van der Waals surface area contributed by atoms with Gasteiger partial charge in [-0.3, -0.25) is 4.79 Å². The molecule has 0 unspecified atom stereocenters. The van der Waals surface area contributed by atoms with Crippen LogP contribution in [0, 0.1) is 0 Å². The Balaban J connectivity index is 0.00000240. The number of aromatic nitrogens is 3. The maximum Gasteiger partial charge on any atom is 0.273 e. The average Bonchev–Trinajstić information content (AvgIpc) is 3.25. The zero-order chi connectivity index (χ0) is 19.2. The first-order valence-corrected chi connectivity index (χ1v) is 9.51. The summed E-state index contributed by atoms with van der Waals surface area (Å²) in [4.78, 5) is 12.5. The molecule has 1 aromatic heterocycles. The Kier molecular flexibility index (Phi) is 7.21. The molecule has 152 valence electrons. The fourth-order valence-electron chi connectivity index (χ4n) is 3.26. The molecular formula is C21H24ClN5O2. The van der Waals surface area contributed by atoms with Crippen LogP contribution in [0.25, 0.3) is 0 Å². The van der Waals surface area contributed by atoms with Crippen molar-refractivity contribution in [2.45, 2.75) is 25.4 Å². The zero-order valence-electron chi connectivity index (χ0n) is 16.0. The van der Waals surface area contributed by atoms with Gasteiger partial charge in [-0.25, -0.2) is 4.68 Å². The molecule has 4 rings (SSSR count). The van der Waals surface area contributed by atoms with Gasteiger partial charge in [0.2, 0.25) is 0 Å². The van der Waals surface area contributed by atoms with Crippen LogP contribution in [-0.2, 0) is 6.54 Å². The van der Waals surface area contributed by atoms with E-state index in [-0.39, 0.29) is 18.3 Å². The van der Waals surface area contributed by atoms with Gasteiger partial charge in [0.05, 0.1) is 12.2 Å². The van der Waals surface area contributed by atoms with Crippen molar-refractivity contribution in [2.24, 2.45) is 0 Å². The second kappa shape index (κ2) is 10.0. The van der Waals surface area contributed by atoms with Crippen molar-refractivity contribution < 1.29 is 9.53 Å². The molecule has 0 bridgehead atoms. The number of hydrogen-bond donors (Lipinski definition) is 2. The largest absolute Gasteiger partial charge is 0.457 e. The van der Waals surface area contributed by atoms with Gasteiger partial charge in [0, 0.05) is 12.1 Å². The number of nitrogens with one attached hydrogen (secondary N) is 2. The highest BCUT2D eigenvalue weighted by molar-refractivity contribution is 5.91. The molecule has 2 N–H and O–H groups in total. The van der Waals surface area contributed by atoms with Crippen LogP contribution in [0.3, 0.4) is 0 Å². The number of para-hydroxylation sites is 2. The maximum absolute atomic E-state index is 12.5. The van der Waals surface area contributed by atoms with Crippen LogP contribution in [0.2, 0.25) is 0 Å². The van der Waals surface area contributed by atoms with Gasteiger partial charge in [0.1, 0.15) is 11.5 Å². The van der Waals surface area contributed by atoms with E-state index in [0.717, 1.165) is 37.2 Å². The number of carbonyl (C=O) groups is 1. The van der Waals surface area contributed by atoms with E-state index >= 15 is 0 Å². The molecule has 0 spiro atoms. The van der Waals surface area contributed by atoms with Gasteiger partial charge < -0.3 is 15.4 Å². The lowest BCUT2D eigenvalue weighted by Gasteiger charge is -2.22. The first-order valence-electron chi connectivity index (χ1n) is 9.51. The van der Waals surface area contributed by atoms with E-state index in [1.54, 1.807) is 6.20 Å². The summed E-state index contributed by atoms with van der Waals surface area (Å²) in [6.45, 7) is 2.27. The van der Waals surface area contributed by atoms with Gasteiger partial charge in [-0.15, -0.1) is 17.5 Å². The standard InChI is InChI=1S/C21H23N5O2.ClH/c27-21(19-15-26(25-24-19)17-10-12-22-13-11-17)23-14-16-6-4-5-9-20(16)28-18-7-2-1-3-8-18;/h1-9,15,17,22H,10-14H2,(H,23,27);1H. The Labute approximate surface area is 175 Å². The van der Waals surface area contributed by atoms with Crippen LogP contribution in [0.4, 0.5) is 0 Å². The molecule has 0 radical (unpaired) electrons. The molecule has 1 aliphatic heterocycles. The number of hydrogen-bond acceptors (Lipinski definition) is 5. The van der Waals surface area contributed by atoms with Crippen molar-refractivity contribution in [3.63, 3.8) is 0 Å². The van der Waals surface area contributed by atoms with Crippen molar-refractivity contribution in [3.05, 3.63) is 72.1 Å². The van der Waals surface area contributed by atoms with Gasteiger partial charge >= 0.3 is 0 Å². The second-order valence-electron chi connectivity index (χ2n) is 6.77. The van der Waals surface area contributed by atoms with E-state index in [9.17, 15) is 4.79 Å². The molecule has 0 aliphatic carbocycles. The molecule has 1 amide bonds. The van der Waals surface area contributed by atoms with Gasteiger partial charge in [-0.1, -0.05) is 41.6 Å². The second-order valence-corrected chi connectivity index (χ2v) is 6.77. The smallest absolute Gasteiger partial charge is 0.273 e. The molecule has 2 aromatic carbocycles. The minimum Gasteiger partial charge on any atom is -0.457 e. The number of piperidine rings is 1. The molecule has 1 saturated heterocycles. The van der Waals surface area contributed by atoms with Crippen LogP contribution in [0.15, 0.2) is 60.8 Å². The van der Waals surface area contributed by atoms with Crippen molar-refractivity contribution in [1.82, 2.24) is 25.6 Å². The number of benzene rings is 2. The highest BCUT2D eigenvalue weighted by atomic mass is 35.5. The van der Waals surface area contributed by atoms with E-state index in [1.165, 1.54) is 0 Å². The fourth-order valence-corrected chi connectivity index (χ4v) is 3.26. The lowest BCUT2D eigenvalue weighted by molar-refractivity contribution is 0.0945. The SMILES string of the molecule is Cl.O=C(NCc1ccccc1Oc1ccccc1)c1cn(C2CCNCC2)nn1. The van der Waals surface area contributed by atoms with E-state index < -0.39 is 0 Å². The number of nitrogens with zero attached hydrogens (tertiary/aromatic N) is 3. The Hall–Kier alpha value is -2.90. The molecule has 7 nitrogen and oxygen atoms in total. The topological polar surface area (TPSA) is 81.1 Å². The lowest BCUT2D eigenvalue weighted by atomic mass is 10.1. The minimum absolute atomic E-state index is 0. The minimum atomic E-state index is -0.241. The number of carbonyl (C=O) groups excluding carboxylic acids is 1. The Morgan fingerprint density at radius 1 is 1.10 bits per heavy atom. The van der Waals surface area contributed by atoms with E-state index in [0.29, 0.717) is 24.0 Å². The maximum atomic E-state index is 12.5. The van der Waals surface area contributed by atoms with Crippen LogP contribution in [-0.4, -0.2) is 34.0 Å². The van der Waals surface area contributed by atoms with Crippen molar-refractivity contribution in [1.29, 1.82) is 0 Å². The summed E-state index contributed by atoms with van der Waals surface area (Å²) in [7, 11) is 0. The third kappa shape index (κ3) is 5.34. The van der Waals surface area contributed by atoms with Gasteiger partial charge in [-0.2, -0.15) is 0 Å². The van der Waals surface area contributed by atoms with Crippen LogP contribution >= 0.6 is 12.4 Å². The normalized spacial score (nSPS) is 14.1. The quantitative estimate of drug-likeness (QED) is 0.647. The molecule has 2 heterocycles. The van der Waals surface area contributed by atoms with Crippen LogP contribution in [0.1, 0.15) is 34.9 Å². The lowest BCUT2D eigenvalue weighted by Crippen LogP contribution is -2.29. The first kappa shape index (κ1) is 20.8. The molecule has 8 heteroatoms. The fraction of sp³-hybridized carbons (Fsp3) is 0.286. The summed E-state index contributed by atoms with van der Waals surface area (Å²) in [5.41, 5.74) is 1.23. The summed E-state index contributed by atoms with van der Waals surface area (Å²) in [6.07, 6.45) is 3.72. The summed E-state index contributed by atoms with van der Waals surface area (Å²) >= 11 is 0. The third-order valence-electron chi connectivity index (χ3n) is 4.81. The zero-order valence-corrected chi connectivity index (χ0v) is 16.8. The summed E-state index contributed by atoms with van der Waals surface area (Å²) < 4.78 is 7.75. The van der Waals surface area contributed by atoms with Crippen molar-refractivity contribution >= 4 is 18.3 Å². The Morgan fingerprint density at radius 2 is 1.83 bits per heavy atom. The first-order chi connectivity index (χ1) is 13.8. The predicted molar refractivity (Wildman–Crippen MR) is 113 cm³/mol. The molecular weight excluding hydrogens is 390 g/mol. The highest BCUT2D eigenvalue weighted by Crippen LogP contribution is 2.25. The Morgan fingerprint density at radius 3 is 2.62 bits per heavy atom. The molecule has 29 heavy (non-hydrogen) atoms. The van der Waals surface area contributed by atoms with E-state index in [1.807, 2.05) is 59.3 Å². The molecule has 1 aliphatic rings. The highest BCUT2D eigenvalue weighted by Gasteiger charge is 2.19. The summed E-state index contributed by atoms with van der Waals surface area (Å²) in [5, 5.41) is 14.4. The van der Waals surface area contributed by atoms with Crippen LogP contribution in [0.5, 0.6) is 11.5 Å². The predicted octanol–water partition coefficient (Wildman–Crippen LogP) is 3.35. The number of amides is 1. The van der Waals surface area contributed by atoms with Crippen molar-refractivity contribution in [2.75, 3.05) is 13.1 Å². The summed E-state index contributed by atoms with van der Waals surface area (Å²) in [6, 6.07) is 17.5. The third-order valence-corrected chi connectivity index (χ3v) is 4.81. The van der Waals surface area contributed by atoms with Gasteiger partial charge in [-0.05, 0) is 44.1 Å². The van der Waals surface area contributed by atoms with Gasteiger partial charge in [0.15, 0.2) is 5.69 Å². The molecule has 3 aromatic rings. The van der Waals surface area contributed by atoms with Gasteiger partial charge in [0.25, 0.3) is 5.91 Å². The monoisotopic (exact) mass is 413 g/mol. The average molecular weight is 414 g/mol. The summed E-state index contributed by atoms with van der Waals surface area (Å²) in [5.74, 6) is 1.23.